The van der Waals surface area contributed by atoms with E-state index in [9.17, 15) is 28.8 Å². The largest absolute Gasteiger partial charge is 0.448 e. The Kier molecular flexibility index (Phi) is 13.4. The fourth-order valence-corrected chi connectivity index (χ4v) is 5.03. The van der Waals surface area contributed by atoms with Gasteiger partial charge in [0, 0.05) is 19.6 Å². The summed E-state index contributed by atoms with van der Waals surface area (Å²) in [5.41, 5.74) is -0.0953. The van der Waals surface area contributed by atoms with E-state index in [2.05, 4.69) is 34.4 Å². The van der Waals surface area contributed by atoms with Gasteiger partial charge in [-0.3, -0.25) is 19.2 Å². The third-order valence-corrected chi connectivity index (χ3v) is 7.72. The molecule has 0 aliphatic carbocycles. The van der Waals surface area contributed by atoms with Crippen LogP contribution in [0.15, 0.2) is 24.8 Å². The number of amides is 6. The first kappa shape index (κ1) is 36.3. The quantitative estimate of drug-likeness (QED) is 0.161. The van der Waals surface area contributed by atoms with Gasteiger partial charge in [-0.1, -0.05) is 72.6 Å². The third-order valence-electron chi connectivity index (χ3n) is 7.72. The topological polar surface area (TPSA) is 166 Å². The summed E-state index contributed by atoms with van der Waals surface area (Å²) in [6, 6.07) is -4.03. The van der Waals surface area contributed by atoms with Gasteiger partial charge in [-0.05, 0) is 24.2 Å². The average molecular weight is 619 g/mol. The number of carbonyl (C=O) groups excluding carboxylic acids is 6. The van der Waals surface area contributed by atoms with Crippen LogP contribution in [-0.2, 0) is 23.9 Å². The van der Waals surface area contributed by atoms with Crippen molar-refractivity contribution in [2.45, 2.75) is 91.4 Å². The van der Waals surface area contributed by atoms with Gasteiger partial charge in [0.05, 0.1) is 18.6 Å². The predicted octanol–water partition coefficient (Wildman–Crippen LogP) is 1.88. The summed E-state index contributed by atoms with van der Waals surface area (Å²) in [5, 5.41) is 10.8. The Balaban J connectivity index is 2.20. The van der Waals surface area contributed by atoms with Gasteiger partial charge in [-0.2, -0.15) is 0 Å². The molecule has 0 spiro atoms. The number of carbonyl (C=O) groups is 6. The Morgan fingerprint density at radius 1 is 1.11 bits per heavy atom. The van der Waals surface area contributed by atoms with Crippen molar-refractivity contribution >= 4 is 35.6 Å². The van der Waals surface area contributed by atoms with Crippen LogP contribution in [0, 0.1) is 11.3 Å². The number of hydrogen-bond acceptors (Lipinski definition) is 7. The number of ketones is 1. The van der Waals surface area contributed by atoms with E-state index < -0.39 is 65.2 Å². The maximum absolute atomic E-state index is 14.0. The molecule has 4 atom stereocenters. The highest BCUT2D eigenvalue weighted by Crippen LogP contribution is 2.28. The zero-order chi connectivity index (χ0) is 33.2. The lowest BCUT2D eigenvalue weighted by atomic mass is 9.85. The number of urea groups is 1. The SMILES string of the molecule is C=CCNC(=O)C(=O)C(CCCC)NC(=O)[C@@H]1CC(=C)CN1C(=O)[C@@H](NC(=O)N[C@H](CN1CCOC1=O)C(C)C)C(C)(C)C. The highest BCUT2D eigenvalue weighted by Gasteiger charge is 2.44. The minimum absolute atomic E-state index is 0.0184. The van der Waals surface area contributed by atoms with Crippen LogP contribution in [0.3, 0.4) is 0 Å². The Hall–Kier alpha value is -3.90. The van der Waals surface area contributed by atoms with Crippen molar-refractivity contribution in [3.05, 3.63) is 24.8 Å². The molecule has 13 nitrogen and oxygen atoms in total. The van der Waals surface area contributed by atoms with Crippen molar-refractivity contribution in [2.75, 3.05) is 32.8 Å². The number of nitrogens with one attached hydrogen (secondary N) is 4. The number of likely N-dealkylation sites (tertiary alicyclic amines) is 1. The van der Waals surface area contributed by atoms with E-state index in [0.29, 0.717) is 25.1 Å². The Morgan fingerprint density at radius 2 is 1.80 bits per heavy atom. The van der Waals surface area contributed by atoms with Crippen molar-refractivity contribution < 1.29 is 33.5 Å². The number of unbranched alkanes of at least 4 members (excludes halogenated alkanes) is 1. The first-order valence-corrected chi connectivity index (χ1v) is 15.3. The van der Waals surface area contributed by atoms with Gasteiger partial charge >= 0.3 is 12.1 Å². The van der Waals surface area contributed by atoms with E-state index in [1.54, 1.807) is 20.8 Å². The van der Waals surface area contributed by atoms with Crippen LogP contribution in [0.1, 0.15) is 67.2 Å². The van der Waals surface area contributed by atoms with Crippen molar-refractivity contribution in [2.24, 2.45) is 11.3 Å². The standard InChI is InChI=1S/C31H50N6O7/c1-9-11-12-21(24(38)27(40)32-13-10-2)33-26(39)23-16-20(5)17-37(23)28(41)25(31(6,7)8)35-29(42)34-22(19(3)4)18-36-14-15-44-30(36)43/h10,19,21-23,25H,2,5,9,11-18H2,1,3-4,6-8H3,(H,32,40)(H,33,39)(H2,34,35,42)/t21?,22-,23+,25-/m1/s1. The zero-order valence-electron chi connectivity index (χ0n) is 27.0. The molecule has 2 heterocycles. The monoisotopic (exact) mass is 618 g/mol. The molecular formula is C31H50N6O7. The lowest BCUT2D eigenvalue weighted by Gasteiger charge is -2.36. The Labute approximate surface area is 260 Å². The fraction of sp³-hybridized carbons (Fsp3) is 0.677. The molecule has 1 unspecified atom stereocenters. The molecule has 13 heteroatoms. The molecular weight excluding hydrogens is 568 g/mol. The number of ether oxygens (including phenoxy) is 1. The number of nitrogens with zero attached hydrogens (tertiary/aromatic N) is 2. The second kappa shape index (κ2) is 16.2. The molecule has 0 radical (unpaired) electrons. The number of rotatable bonds is 15. The first-order valence-electron chi connectivity index (χ1n) is 15.3. The second-order valence-electron chi connectivity index (χ2n) is 12.8. The minimum Gasteiger partial charge on any atom is -0.448 e. The molecule has 4 N–H and O–H groups in total. The van der Waals surface area contributed by atoms with Gasteiger partial charge in [0.15, 0.2) is 0 Å². The second-order valence-corrected chi connectivity index (χ2v) is 12.8. The molecule has 0 aromatic rings. The summed E-state index contributed by atoms with van der Waals surface area (Å²) in [6.45, 7) is 19.9. The molecule has 2 fully saturated rings. The number of Topliss-reactive ketones (excluding diaryl/α,β-unsaturated/α-hetero) is 1. The van der Waals surface area contributed by atoms with Gasteiger partial charge in [0.25, 0.3) is 5.91 Å². The average Bonchev–Trinajstić information content (AvgIpc) is 3.55. The number of cyclic esters (lactones) is 1. The van der Waals surface area contributed by atoms with E-state index >= 15 is 0 Å². The minimum atomic E-state index is -1.05. The molecule has 0 aromatic carbocycles. The highest BCUT2D eigenvalue weighted by atomic mass is 16.6. The van der Waals surface area contributed by atoms with E-state index in [0.717, 1.165) is 6.42 Å². The molecule has 2 aliphatic heterocycles. The first-order chi connectivity index (χ1) is 20.6. The predicted molar refractivity (Wildman–Crippen MR) is 165 cm³/mol. The zero-order valence-corrected chi connectivity index (χ0v) is 27.0. The fourth-order valence-electron chi connectivity index (χ4n) is 5.03. The van der Waals surface area contributed by atoms with Crippen molar-refractivity contribution in [1.29, 1.82) is 0 Å². The van der Waals surface area contributed by atoms with Crippen molar-refractivity contribution in [1.82, 2.24) is 31.1 Å². The summed E-state index contributed by atoms with van der Waals surface area (Å²) in [4.78, 5) is 80.8. The van der Waals surface area contributed by atoms with E-state index in [1.165, 1.54) is 15.9 Å². The molecule has 0 saturated carbocycles. The molecule has 44 heavy (non-hydrogen) atoms. The van der Waals surface area contributed by atoms with Gasteiger partial charge in [-0.15, -0.1) is 6.58 Å². The lowest BCUT2D eigenvalue weighted by Crippen LogP contribution is -2.61. The van der Waals surface area contributed by atoms with Crippen LogP contribution in [0.4, 0.5) is 9.59 Å². The molecule has 0 aromatic heterocycles. The van der Waals surface area contributed by atoms with Crippen LogP contribution in [0.25, 0.3) is 0 Å². The highest BCUT2D eigenvalue weighted by molar-refractivity contribution is 6.38. The smallest absolute Gasteiger partial charge is 0.410 e. The molecule has 2 saturated heterocycles. The maximum atomic E-state index is 14.0. The normalized spacial score (nSPS) is 18.8. The number of hydrogen-bond donors (Lipinski definition) is 4. The van der Waals surface area contributed by atoms with Gasteiger partial charge in [-0.25, -0.2) is 9.59 Å². The molecule has 2 aliphatic rings. The molecule has 2 rings (SSSR count). The van der Waals surface area contributed by atoms with E-state index in [4.69, 9.17) is 4.74 Å². The van der Waals surface area contributed by atoms with E-state index in [-0.39, 0.29) is 38.4 Å². The third kappa shape index (κ3) is 10.1. The summed E-state index contributed by atoms with van der Waals surface area (Å²) in [6.07, 6.45) is 2.81. The van der Waals surface area contributed by atoms with Gasteiger partial charge in [0.1, 0.15) is 18.7 Å². The van der Waals surface area contributed by atoms with E-state index in [1.807, 2.05) is 20.8 Å². The van der Waals surface area contributed by atoms with Gasteiger partial charge < -0.3 is 35.8 Å². The van der Waals surface area contributed by atoms with Crippen LogP contribution < -0.4 is 21.3 Å². The van der Waals surface area contributed by atoms with Crippen LogP contribution >= 0.6 is 0 Å². The van der Waals surface area contributed by atoms with Crippen molar-refractivity contribution in [3.8, 4) is 0 Å². The molecule has 0 bridgehead atoms. The Bertz CT molecular complexity index is 1120. The molecule has 6 amide bonds. The summed E-state index contributed by atoms with van der Waals surface area (Å²) < 4.78 is 5.00. The van der Waals surface area contributed by atoms with Crippen LogP contribution in [0.2, 0.25) is 0 Å². The summed E-state index contributed by atoms with van der Waals surface area (Å²) in [7, 11) is 0. The van der Waals surface area contributed by atoms with Gasteiger partial charge in [0.2, 0.25) is 17.6 Å². The van der Waals surface area contributed by atoms with Crippen molar-refractivity contribution in [3.63, 3.8) is 0 Å². The summed E-state index contributed by atoms with van der Waals surface area (Å²) in [5.74, 6) is -2.65. The van der Waals surface area contributed by atoms with Crippen LogP contribution in [-0.4, -0.2) is 102 Å². The Morgan fingerprint density at radius 3 is 2.34 bits per heavy atom. The van der Waals surface area contributed by atoms with Crippen LogP contribution in [0.5, 0.6) is 0 Å². The maximum Gasteiger partial charge on any atom is 0.410 e. The lowest BCUT2D eigenvalue weighted by molar-refractivity contribution is -0.143. The summed E-state index contributed by atoms with van der Waals surface area (Å²) >= 11 is 0. The molecule has 246 valence electrons.